The highest BCUT2D eigenvalue weighted by Gasteiger charge is 2.32. The van der Waals surface area contributed by atoms with Gasteiger partial charge in [0.15, 0.2) is 0 Å². The molecule has 0 bridgehead atoms. The van der Waals surface area contributed by atoms with Gasteiger partial charge in [-0.05, 0) is 121 Å². The number of aliphatic carboxylic acids is 1. The van der Waals surface area contributed by atoms with Crippen LogP contribution in [0.4, 0.5) is 0 Å². The van der Waals surface area contributed by atoms with Crippen LogP contribution in [0.2, 0.25) is 0 Å². The van der Waals surface area contributed by atoms with Crippen molar-refractivity contribution in [1.82, 2.24) is 26.6 Å². The number of rotatable bonds is 29. The van der Waals surface area contributed by atoms with Gasteiger partial charge in [0.25, 0.3) is 0 Å². The van der Waals surface area contributed by atoms with Gasteiger partial charge in [0.2, 0.25) is 29.5 Å². The summed E-state index contributed by atoms with van der Waals surface area (Å²) in [5.41, 5.74) is 28.5. The average Bonchev–Trinajstić information content (AvgIpc) is 3.13. The summed E-state index contributed by atoms with van der Waals surface area (Å²) < 4.78 is 0. The summed E-state index contributed by atoms with van der Waals surface area (Å²) in [7, 11) is 0. The van der Waals surface area contributed by atoms with E-state index in [1.807, 2.05) is 0 Å². The first kappa shape index (κ1) is 46.7. The van der Waals surface area contributed by atoms with E-state index in [-0.39, 0.29) is 44.4 Å². The standard InChI is InChI=1S/C35H62N10O8/c36-17-5-1-9-25(41-30(47)22-40)31(48)42-26(10-2-6-18-37)32(49)43-27(11-3-7-19-38)33(50)45-29(21-23-13-15-24(46)16-14-23)34(51)44-28(35(52)53)12-4-8-20-39/h13-16,25-29,46H,1-12,17-22,36-40H2,(H,41,47)(H,42,48)(H,43,49)(H,44,51)(H,45,50)(H,52,53). The van der Waals surface area contributed by atoms with Crippen molar-refractivity contribution in [2.45, 2.75) is 114 Å². The number of carboxylic acid groups (broad SMARTS) is 1. The smallest absolute Gasteiger partial charge is 0.326 e. The number of hydrogen-bond donors (Lipinski definition) is 12. The maximum atomic E-state index is 13.9. The molecule has 0 aliphatic rings. The fourth-order valence-corrected chi connectivity index (χ4v) is 5.45. The molecule has 0 aromatic heterocycles. The zero-order valence-electron chi connectivity index (χ0n) is 30.7. The molecule has 0 aliphatic carbocycles. The predicted octanol–water partition coefficient (Wildman–Crippen LogP) is -2.08. The van der Waals surface area contributed by atoms with Crippen LogP contribution < -0.4 is 55.3 Å². The summed E-state index contributed by atoms with van der Waals surface area (Å²) in [5.74, 6) is -4.55. The predicted molar refractivity (Wildman–Crippen MR) is 200 cm³/mol. The zero-order valence-corrected chi connectivity index (χ0v) is 30.7. The molecule has 1 aromatic rings. The van der Waals surface area contributed by atoms with Gasteiger partial charge in [0.1, 0.15) is 36.0 Å². The Morgan fingerprint density at radius 1 is 0.491 bits per heavy atom. The van der Waals surface area contributed by atoms with Crippen molar-refractivity contribution in [3.05, 3.63) is 29.8 Å². The number of carboxylic acids is 1. The number of aromatic hydroxyl groups is 1. The lowest BCUT2D eigenvalue weighted by Gasteiger charge is -2.27. The third-order valence-electron chi connectivity index (χ3n) is 8.51. The monoisotopic (exact) mass is 750 g/mol. The van der Waals surface area contributed by atoms with Crippen LogP contribution in [0.1, 0.15) is 82.6 Å². The number of carbonyl (C=O) groups excluding carboxylic acids is 5. The van der Waals surface area contributed by atoms with Crippen molar-refractivity contribution in [3.63, 3.8) is 0 Å². The fraction of sp³-hybridized carbons (Fsp3) is 0.657. The Bertz CT molecular complexity index is 1270. The lowest BCUT2D eigenvalue weighted by molar-refractivity contribution is -0.142. The van der Waals surface area contributed by atoms with E-state index in [0.717, 1.165) is 0 Å². The molecule has 18 heteroatoms. The van der Waals surface area contributed by atoms with Gasteiger partial charge >= 0.3 is 5.97 Å². The van der Waals surface area contributed by atoms with Crippen molar-refractivity contribution in [2.24, 2.45) is 28.7 Å². The highest BCUT2D eigenvalue weighted by molar-refractivity contribution is 5.96. The highest BCUT2D eigenvalue weighted by Crippen LogP contribution is 2.13. The third-order valence-corrected chi connectivity index (χ3v) is 8.51. The number of benzene rings is 1. The van der Waals surface area contributed by atoms with Crippen molar-refractivity contribution in [1.29, 1.82) is 0 Å². The molecule has 17 N–H and O–H groups in total. The summed E-state index contributed by atoms with van der Waals surface area (Å²) in [5, 5.41) is 32.7. The molecule has 0 fully saturated rings. The largest absolute Gasteiger partial charge is 0.508 e. The van der Waals surface area contributed by atoms with Crippen LogP contribution in [0.15, 0.2) is 24.3 Å². The van der Waals surface area contributed by atoms with Crippen molar-refractivity contribution in [3.8, 4) is 5.75 Å². The second kappa shape index (κ2) is 27.3. The number of phenolic OH excluding ortho intramolecular Hbond substituents is 1. The fourth-order valence-electron chi connectivity index (χ4n) is 5.45. The molecule has 300 valence electrons. The van der Waals surface area contributed by atoms with E-state index in [9.17, 15) is 39.0 Å². The Hall–Kier alpha value is -4.36. The Labute approximate surface area is 311 Å². The lowest BCUT2D eigenvalue weighted by Crippen LogP contribution is -2.59. The Morgan fingerprint density at radius 2 is 0.830 bits per heavy atom. The van der Waals surface area contributed by atoms with Crippen LogP contribution in [0, 0.1) is 0 Å². The Morgan fingerprint density at radius 3 is 1.21 bits per heavy atom. The minimum Gasteiger partial charge on any atom is -0.508 e. The molecule has 0 aliphatic heterocycles. The van der Waals surface area contributed by atoms with Gasteiger partial charge in [-0.25, -0.2) is 4.79 Å². The molecule has 0 radical (unpaired) electrons. The van der Waals surface area contributed by atoms with Gasteiger partial charge in [-0.3, -0.25) is 24.0 Å². The number of hydrogen-bond acceptors (Lipinski definition) is 12. The zero-order chi connectivity index (χ0) is 39.6. The topological polar surface area (TPSA) is 333 Å². The summed E-state index contributed by atoms with van der Waals surface area (Å²) in [6.07, 6.45) is 4.78. The molecule has 1 aromatic carbocycles. The number of nitrogens with one attached hydrogen (secondary N) is 5. The average molecular weight is 751 g/mol. The summed E-state index contributed by atoms with van der Waals surface area (Å²) in [6.45, 7) is 1.09. The van der Waals surface area contributed by atoms with Crippen LogP contribution in [-0.2, 0) is 35.2 Å². The van der Waals surface area contributed by atoms with Gasteiger partial charge < -0.3 is 65.5 Å². The van der Waals surface area contributed by atoms with Crippen LogP contribution in [-0.4, -0.2) is 109 Å². The third kappa shape index (κ3) is 19.3. The first-order chi connectivity index (χ1) is 25.4. The molecule has 5 unspecified atom stereocenters. The molecule has 5 amide bonds. The Kier molecular flexibility index (Phi) is 24.0. The minimum absolute atomic E-state index is 0.0101. The van der Waals surface area contributed by atoms with E-state index < -0.39 is 65.7 Å². The lowest BCUT2D eigenvalue weighted by atomic mass is 10.0. The molecule has 0 spiro atoms. The summed E-state index contributed by atoms with van der Waals surface area (Å²) in [4.78, 5) is 78.7. The van der Waals surface area contributed by atoms with E-state index in [0.29, 0.717) is 83.1 Å². The number of unbranched alkanes of at least 4 members (excludes halogenated alkanes) is 4. The number of amides is 5. The maximum absolute atomic E-state index is 13.9. The molecular weight excluding hydrogens is 688 g/mol. The second-order valence-electron chi connectivity index (χ2n) is 12.9. The molecule has 0 saturated carbocycles. The van der Waals surface area contributed by atoms with Gasteiger partial charge in [-0.2, -0.15) is 0 Å². The molecular formula is C35H62N10O8. The van der Waals surface area contributed by atoms with Gasteiger partial charge in [0.05, 0.1) is 6.54 Å². The molecule has 0 saturated heterocycles. The van der Waals surface area contributed by atoms with Crippen molar-refractivity contribution in [2.75, 3.05) is 32.7 Å². The number of nitrogens with two attached hydrogens (primary N) is 5. The van der Waals surface area contributed by atoms with E-state index in [4.69, 9.17) is 28.7 Å². The second-order valence-corrected chi connectivity index (χ2v) is 12.9. The minimum atomic E-state index is -1.27. The molecule has 18 nitrogen and oxygen atoms in total. The highest BCUT2D eigenvalue weighted by atomic mass is 16.4. The summed E-state index contributed by atoms with van der Waals surface area (Å²) in [6, 6.07) is 0.198. The van der Waals surface area contributed by atoms with Crippen molar-refractivity contribution >= 4 is 35.5 Å². The van der Waals surface area contributed by atoms with Gasteiger partial charge in [0, 0.05) is 6.42 Å². The van der Waals surface area contributed by atoms with Crippen LogP contribution in [0.3, 0.4) is 0 Å². The molecule has 5 atom stereocenters. The molecule has 0 heterocycles. The SMILES string of the molecule is NCCCCC(NC(=O)C(Cc1ccc(O)cc1)NC(=O)C(CCCCN)NC(=O)C(CCCCN)NC(=O)C(CCCCN)NC(=O)CN)C(=O)O. The summed E-state index contributed by atoms with van der Waals surface area (Å²) >= 11 is 0. The van der Waals surface area contributed by atoms with E-state index in [2.05, 4.69) is 26.6 Å². The van der Waals surface area contributed by atoms with E-state index >= 15 is 0 Å². The normalized spacial score (nSPS) is 13.8. The van der Waals surface area contributed by atoms with Crippen LogP contribution in [0.5, 0.6) is 5.75 Å². The van der Waals surface area contributed by atoms with Gasteiger partial charge in [-0.1, -0.05) is 12.1 Å². The van der Waals surface area contributed by atoms with Gasteiger partial charge in [-0.15, -0.1) is 0 Å². The van der Waals surface area contributed by atoms with Crippen LogP contribution in [0.25, 0.3) is 0 Å². The van der Waals surface area contributed by atoms with E-state index in [1.165, 1.54) is 12.1 Å². The molecule has 53 heavy (non-hydrogen) atoms. The number of phenols is 1. The quantitative estimate of drug-likeness (QED) is 0.0392. The maximum Gasteiger partial charge on any atom is 0.326 e. The Balaban J connectivity index is 3.35. The number of carbonyl (C=O) groups is 6. The van der Waals surface area contributed by atoms with E-state index in [1.54, 1.807) is 12.1 Å². The molecule has 1 rings (SSSR count). The van der Waals surface area contributed by atoms with Crippen LogP contribution >= 0.6 is 0 Å². The first-order valence-corrected chi connectivity index (χ1v) is 18.4. The van der Waals surface area contributed by atoms with Crippen molar-refractivity contribution < 1.29 is 39.0 Å². The first-order valence-electron chi connectivity index (χ1n) is 18.4.